The molecule has 0 fully saturated rings. The van der Waals surface area contributed by atoms with Gasteiger partial charge in [-0.1, -0.05) is 70.4 Å². The monoisotopic (exact) mass is 613 g/mol. The Morgan fingerprint density at radius 1 is 0.949 bits per heavy atom. The Balaban J connectivity index is 2.05. The Morgan fingerprint density at radius 3 is 2.23 bits per heavy atom. The van der Waals surface area contributed by atoms with E-state index in [0.717, 1.165) is 37.5 Å². The summed E-state index contributed by atoms with van der Waals surface area (Å²) in [5.74, 6) is -0.774. The van der Waals surface area contributed by atoms with Gasteiger partial charge in [-0.25, -0.2) is 8.42 Å². The molecule has 3 rings (SSSR count). The number of benzene rings is 3. The maximum absolute atomic E-state index is 14.0. The van der Waals surface area contributed by atoms with Crippen molar-refractivity contribution in [3.8, 4) is 0 Å². The molecule has 0 spiro atoms. The van der Waals surface area contributed by atoms with Crippen LogP contribution in [0.2, 0.25) is 0 Å². The average Bonchev–Trinajstić information content (AvgIpc) is 2.89. The predicted molar refractivity (Wildman–Crippen MR) is 159 cm³/mol. The number of nitrogens with zero attached hydrogens (tertiary/aromatic N) is 2. The van der Waals surface area contributed by atoms with Gasteiger partial charge in [-0.05, 0) is 75.6 Å². The van der Waals surface area contributed by atoms with Crippen molar-refractivity contribution in [3.63, 3.8) is 0 Å². The largest absolute Gasteiger partial charge is 0.354 e. The number of amides is 2. The molecule has 0 aliphatic heterocycles. The lowest BCUT2D eigenvalue weighted by Crippen LogP contribution is -2.51. The van der Waals surface area contributed by atoms with Gasteiger partial charge in [0.05, 0.1) is 10.6 Å². The van der Waals surface area contributed by atoms with Gasteiger partial charge in [0.1, 0.15) is 12.6 Å². The van der Waals surface area contributed by atoms with E-state index in [1.54, 1.807) is 37.3 Å². The van der Waals surface area contributed by atoms with Crippen LogP contribution in [-0.2, 0) is 26.2 Å². The first-order valence-corrected chi connectivity index (χ1v) is 15.2. The van der Waals surface area contributed by atoms with E-state index in [9.17, 15) is 18.0 Å². The Labute approximate surface area is 240 Å². The fourth-order valence-corrected chi connectivity index (χ4v) is 6.17. The molecule has 0 unspecified atom stereocenters. The summed E-state index contributed by atoms with van der Waals surface area (Å²) in [6, 6.07) is 18.7. The fourth-order valence-electron chi connectivity index (χ4n) is 4.25. The topological polar surface area (TPSA) is 86.8 Å². The highest BCUT2D eigenvalue weighted by atomic mass is 79.9. The molecule has 7 nitrogen and oxygen atoms in total. The minimum absolute atomic E-state index is 0.0909. The molecule has 2 amide bonds. The first-order chi connectivity index (χ1) is 18.4. The SMILES string of the molecule is CCCNC(=O)[C@@H](C)N(Cc1cccc(Br)c1)C(=O)CN(c1ccc(C)cc1C)S(=O)(=O)c1ccc(C)cc1. The molecule has 1 atom stereocenters. The van der Waals surface area contributed by atoms with Crippen molar-refractivity contribution in [2.75, 3.05) is 17.4 Å². The molecule has 3 aromatic carbocycles. The van der Waals surface area contributed by atoms with E-state index in [2.05, 4.69) is 21.2 Å². The standard InChI is InChI=1S/C30H36BrN3O4S/c1-6-16-32-30(36)24(5)33(19-25-8-7-9-26(31)18-25)29(35)20-34(28-15-12-22(3)17-23(28)4)39(37,38)27-13-10-21(2)11-14-27/h7-15,17-18,24H,6,16,19-20H2,1-5H3,(H,32,36)/t24-/m1/s1. The normalized spacial score (nSPS) is 12.1. The van der Waals surface area contributed by atoms with Gasteiger partial charge in [0.2, 0.25) is 11.8 Å². The molecule has 0 saturated carbocycles. The second-order valence-corrected chi connectivity index (χ2v) is 12.5. The Kier molecular flexibility index (Phi) is 10.3. The van der Waals surface area contributed by atoms with E-state index in [0.29, 0.717) is 12.2 Å². The number of sulfonamides is 1. The van der Waals surface area contributed by atoms with Crippen molar-refractivity contribution in [2.24, 2.45) is 0 Å². The van der Waals surface area contributed by atoms with E-state index in [1.165, 1.54) is 4.90 Å². The molecule has 0 aliphatic rings. The summed E-state index contributed by atoms with van der Waals surface area (Å²) in [4.78, 5) is 28.5. The molecule has 1 N–H and O–H groups in total. The zero-order chi connectivity index (χ0) is 28.7. The summed E-state index contributed by atoms with van der Waals surface area (Å²) in [6.07, 6.45) is 0.757. The maximum atomic E-state index is 14.0. The van der Waals surface area contributed by atoms with Crippen molar-refractivity contribution < 1.29 is 18.0 Å². The van der Waals surface area contributed by atoms with Crippen molar-refractivity contribution in [1.82, 2.24) is 10.2 Å². The second kappa shape index (κ2) is 13.3. The summed E-state index contributed by atoms with van der Waals surface area (Å²) >= 11 is 3.46. The summed E-state index contributed by atoms with van der Waals surface area (Å²) in [5, 5.41) is 2.85. The summed E-state index contributed by atoms with van der Waals surface area (Å²) < 4.78 is 29.9. The number of aryl methyl sites for hydroxylation is 3. The van der Waals surface area contributed by atoms with E-state index < -0.39 is 28.5 Å². The number of nitrogens with one attached hydrogen (secondary N) is 1. The molecule has 0 aromatic heterocycles. The lowest BCUT2D eigenvalue weighted by atomic mass is 10.1. The molecule has 0 radical (unpaired) electrons. The van der Waals surface area contributed by atoms with Crippen LogP contribution >= 0.6 is 15.9 Å². The minimum atomic E-state index is -4.10. The molecule has 9 heteroatoms. The molecule has 39 heavy (non-hydrogen) atoms. The number of anilines is 1. The Bertz CT molecular complexity index is 1420. The van der Waals surface area contributed by atoms with E-state index in [1.807, 2.05) is 64.1 Å². The Hall–Kier alpha value is -3.17. The number of rotatable bonds is 11. The highest BCUT2D eigenvalue weighted by Gasteiger charge is 2.33. The first kappa shape index (κ1) is 30.4. The number of carbonyl (C=O) groups is 2. The molecule has 0 aliphatic carbocycles. The predicted octanol–water partition coefficient (Wildman–Crippen LogP) is 5.51. The van der Waals surface area contributed by atoms with Crippen molar-refractivity contribution in [1.29, 1.82) is 0 Å². The number of hydrogen-bond acceptors (Lipinski definition) is 4. The van der Waals surface area contributed by atoms with E-state index >= 15 is 0 Å². The van der Waals surface area contributed by atoms with Crippen LogP contribution in [0.25, 0.3) is 0 Å². The third-order valence-corrected chi connectivity index (χ3v) is 8.73. The number of hydrogen-bond donors (Lipinski definition) is 1. The van der Waals surface area contributed by atoms with Crippen molar-refractivity contribution in [2.45, 2.75) is 58.5 Å². The van der Waals surface area contributed by atoms with Crippen LogP contribution in [-0.4, -0.2) is 44.3 Å². The van der Waals surface area contributed by atoms with Gasteiger partial charge in [-0.2, -0.15) is 0 Å². The minimum Gasteiger partial charge on any atom is -0.354 e. The Morgan fingerprint density at radius 2 is 1.62 bits per heavy atom. The van der Waals surface area contributed by atoms with Gasteiger partial charge < -0.3 is 10.2 Å². The molecule has 3 aromatic rings. The summed E-state index contributed by atoms with van der Waals surface area (Å²) in [6.45, 7) is 9.42. The van der Waals surface area contributed by atoms with Crippen LogP contribution in [0.3, 0.4) is 0 Å². The van der Waals surface area contributed by atoms with E-state index in [-0.39, 0.29) is 17.3 Å². The molecular formula is C30H36BrN3O4S. The molecule has 0 heterocycles. The van der Waals surface area contributed by atoms with Gasteiger partial charge in [-0.15, -0.1) is 0 Å². The van der Waals surface area contributed by atoms with Gasteiger partial charge in [-0.3, -0.25) is 13.9 Å². The van der Waals surface area contributed by atoms with Gasteiger partial charge >= 0.3 is 0 Å². The van der Waals surface area contributed by atoms with Crippen LogP contribution < -0.4 is 9.62 Å². The highest BCUT2D eigenvalue weighted by molar-refractivity contribution is 9.10. The van der Waals surface area contributed by atoms with Crippen molar-refractivity contribution >= 4 is 43.5 Å². The van der Waals surface area contributed by atoms with Crippen LogP contribution in [0, 0.1) is 20.8 Å². The number of halogens is 1. The third kappa shape index (κ3) is 7.70. The van der Waals surface area contributed by atoms with Crippen LogP contribution in [0.1, 0.15) is 42.5 Å². The summed E-state index contributed by atoms with van der Waals surface area (Å²) in [5.41, 5.74) is 3.86. The second-order valence-electron chi connectivity index (χ2n) is 9.73. The lowest BCUT2D eigenvalue weighted by molar-refractivity contribution is -0.139. The van der Waals surface area contributed by atoms with Crippen LogP contribution in [0.15, 0.2) is 76.1 Å². The quantitative estimate of drug-likeness (QED) is 0.309. The van der Waals surface area contributed by atoms with Gasteiger partial charge in [0, 0.05) is 17.6 Å². The van der Waals surface area contributed by atoms with Crippen LogP contribution in [0.4, 0.5) is 5.69 Å². The third-order valence-electron chi connectivity index (χ3n) is 6.47. The van der Waals surface area contributed by atoms with Gasteiger partial charge in [0.15, 0.2) is 0 Å². The first-order valence-electron chi connectivity index (χ1n) is 12.9. The zero-order valence-corrected chi connectivity index (χ0v) is 25.5. The smallest absolute Gasteiger partial charge is 0.264 e. The average molecular weight is 615 g/mol. The van der Waals surface area contributed by atoms with E-state index in [4.69, 9.17) is 0 Å². The lowest BCUT2D eigenvalue weighted by Gasteiger charge is -2.32. The molecule has 0 bridgehead atoms. The van der Waals surface area contributed by atoms with Crippen molar-refractivity contribution in [3.05, 3.63) is 93.5 Å². The maximum Gasteiger partial charge on any atom is 0.264 e. The molecule has 208 valence electrons. The molecule has 0 saturated heterocycles. The fraction of sp³-hybridized carbons (Fsp3) is 0.333. The number of carbonyl (C=O) groups excluding carboxylic acids is 2. The summed E-state index contributed by atoms with van der Waals surface area (Å²) in [7, 11) is -4.10. The molecular weight excluding hydrogens is 578 g/mol. The van der Waals surface area contributed by atoms with Gasteiger partial charge in [0.25, 0.3) is 10.0 Å². The van der Waals surface area contributed by atoms with Crippen LogP contribution in [0.5, 0.6) is 0 Å². The highest BCUT2D eigenvalue weighted by Crippen LogP contribution is 2.28. The zero-order valence-electron chi connectivity index (χ0n) is 23.1.